The number of hydrogen-bond donors (Lipinski definition) is 1. The molecule has 1 N–H and O–H groups in total. The Labute approximate surface area is 112 Å². The molecular formula is C17H28O. The summed E-state index contributed by atoms with van der Waals surface area (Å²) in [5, 5.41) is 10.0. The molecule has 1 rings (SSSR count). The van der Waals surface area contributed by atoms with Crippen LogP contribution in [0.4, 0.5) is 0 Å². The van der Waals surface area contributed by atoms with E-state index in [1.807, 2.05) is 0 Å². The third-order valence-corrected chi connectivity index (χ3v) is 3.38. The molecule has 1 aromatic rings. The highest BCUT2D eigenvalue weighted by Crippen LogP contribution is 2.21. The highest BCUT2D eigenvalue weighted by molar-refractivity contribution is 5.24. The van der Waals surface area contributed by atoms with Crippen LogP contribution in [0.25, 0.3) is 0 Å². The molecule has 0 saturated carbocycles. The molecule has 1 heteroatoms. The molecule has 0 heterocycles. The largest absolute Gasteiger partial charge is 0.388 e. The summed E-state index contributed by atoms with van der Waals surface area (Å²) in [6, 6.07) is 8.51. The second kappa shape index (κ2) is 8.31. The average molecular weight is 248 g/mol. The monoisotopic (exact) mass is 248 g/mol. The summed E-state index contributed by atoms with van der Waals surface area (Å²) in [5.74, 6) is 0.536. The third kappa shape index (κ3) is 5.68. The van der Waals surface area contributed by atoms with Crippen LogP contribution < -0.4 is 0 Å². The highest BCUT2D eigenvalue weighted by atomic mass is 16.3. The number of aryl methyl sites for hydroxylation is 1. The van der Waals surface area contributed by atoms with Crippen LogP contribution in [0.1, 0.15) is 70.1 Å². The summed E-state index contributed by atoms with van der Waals surface area (Å²) >= 11 is 0. The molecule has 0 aliphatic rings. The van der Waals surface area contributed by atoms with Gasteiger partial charge in [-0.05, 0) is 36.3 Å². The van der Waals surface area contributed by atoms with E-state index in [1.54, 1.807) is 0 Å². The topological polar surface area (TPSA) is 20.2 Å². The molecule has 1 aromatic carbocycles. The van der Waals surface area contributed by atoms with Crippen molar-refractivity contribution in [2.24, 2.45) is 5.92 Å². The van der Waals surface area contributed by atoms with Crippen LogP contribution in [0, 0.1) is 5.92 Å². The normalized spacial score (nSPS) is 12.9. The molecule has 1 atom stereocenters. The molecule has 0 aliphatic carbocycles. The van der Waals surface area contributed by atoms with Crippen LogP contribution in [-0.2, 0) is 6.42 Å². The molecule has 0 fully saturated rings. The number of aliphatic hydroxyl groups is 1. The van der Waals surface area contributed by atoms with Gasteiger partial charge in [0.05, 0.1) is 6.10 Å². The van der Waals surface area contributed by atoms with Crippen molar-refractivity contribution in [1.29, 1.82) is 0 Å². The first-order valence-corrected chi connectivity index (χ1v) is 7.40. The number of rotatable bonds is 8. The number of hydrogen-bond acceptors (Lipinski definition) is 1. The molecule has 0 amide bonds. The smallest absolute Gasteiger partial charge is 0.0792 e. The Hall–Kier alpha value is -0.820. The van der Waals surface area contributed by atoms with E-state index in [1.165, 1.54) is 37.7 Å². The van der Waals surface area contributed by atoms with Crippen LogP contribution in [0.3, 0.4) is 0 Å². The van der Waals surface area contributed by atoms with Crippen molar-refractivity contribution in [2.75, 3.05) is 0 Å². The average Bonchev–Trinajstić information content (AvgIpc) is 2.34. The van der Waals surface area contributed by atoms with E-state index in [2.05, 4.69) is 45.0 Å². The predicted molar refractivity (Wildman–Crippen MR) is 78.7 cm³/mol. The lowest BCUT2D eigenvalue weighted by Gasteiger charge is -2.13. The van der Waals surface area contributed by atoms with E-state index in [4.69, 9.17) is 0 Å². The first kappa shape index (κ1) is 15.2. The van der Waals surface area contributed by atoms with Gasteiger partial charge in [-0.2, -0.15) is 0 Å². The van der Waals surface area contributed by atoms with Gasteiger partial charge >= 0.3 is 0 Å². The maximum Gasteiger partial charge on any atom is 0.0792 e. The molecule has 1 unspecified atom stereocenters. The quantitative estimate of drug-likeness (QED) is 0.649. The highest BCUT2D eigenvalue weighted by Gasteiger charge is 2.09. The summed E-state index contributed by atoms with van der Waals surface area (Å²) in [4.78, 5) is 0. The zero-order valence-corrected chi connectivity index (χ0v) is 12.2. The second-order valence-electron chi connectivity index (χ2n) is 5.70. The van der Waals surface area contributed by atoms with Crippen LogP contribution >= 0.6 is 0 Å². The van der Waals surface area contributed by atoms with Gasteiger partial charge in [0.15, 0.2) is 0 Å². The Balaban J connectivity index is 2.42. The van der Waals surface area contributed by atoms with Crippen molar-refractivity contribution < 1.29 is 5.11 Å². The molecule has 0 spiro atoms. The van der Waals surface area contributed by atoms with E-state index in [0.29, 0.717) is 5.92 Å². The molecule has 18 heavy (non-hydrogen) atoms. The zero-order valence-electron chi connectivity index (χ0n) is 12.2. The van der Waals surface area contributed by atoms with Crippen molar-refractivity contribution in [3.05, 3.63) is 35.4 Å². The van der Waals surface area contributed by atoms with Gasteiger partial charge in [-0.3, -0.25) is 0 Å². The maximum atomic E-state index is 10.0. The number of aliphatic hydroxyl groups excluding tert-OH is 1. The van der Waals surface area contributed by atoms with E-state index in [0.717, 1.165) is 12.0 Å². The molecule has 0 aliphatic heterocycles. The third-order valence-electron chi connectivity index (χ3n) is 3.38. The van der Waals surface area contributed by atoms with Crippen LogP contribution in [-0.4, -0.2) is 5.11 Å². The lowest BCUT2D eigenvalue weighted by molar-refractivity contribution is 0.151. The number of benzene rings is 1. The minimum Gasteiger partial charge on any atom is -0.388 e. The zero-order chi connectivity index (χ0) is 13.4. The summed E-state index contributed by atoms with van der Waals surface area (Å²) in [7, 11) is 0. The van der Waals surface area contributed by atoms with E-state index in [9.17, 15) is 5.11 Å². The summed E-state index contributed by atoms with van der Waals surface area (Å²) in [6.07, 6.45) is 6.94. The van der Waals surface area contributed by atoms with Crippen molar-refractivity contribution in [3.8, 4) is 0 Å². The van der Waals surface area contributed by atoms with Crippen molar-refractivity contribution in [2.45, 2.75) is 65.4 Å². The molecule has 102 valence electrons. The summed E-state index contributed by atoms with van der Waals surface area (Å²) in [6.45, 7) is 6.53. The molecule has 1 nitrogen and oxygen atoms in total. The molecule has 0 aromatic heterocycles. The van der Waals surface area contributed by atoms with Gasteiger partial charge < -0.3 is 5.11 Å². The second-order valence-corrected chi connectivity index (χ2v) is 5.70. The number of unbranched alkanes of at least 4 members (excludes halogenated alkanes) is 3. The minimum atomic E-state index is -0.306. The van der Waals surface area contributed by atoms with Gasteiger partial charge in [-0.15, -0.1) is 0 Å². The molecule has 0 bridgehead atoms. The lowest BCUT2D eigenvalue weighted by atomic mass is 9.97. The molecular weight excluding hydrogens is 220 g/mol. The van der Waals surface area contributed by atoms with E-state index >= 15 is 0 Å². The Morgan fingerprint density at radius 3 is 2.22 bits per heavy atom. The van der Waals surface area contributed by atoms with Crippen molar-refractivity contribution >= 4 is 0 Å². The lowest BCUT2D eigenvalue weighted by Crippen LogP contribution is -2.01. The Morgan fingerprint density at radius 1 is 1.00 bits per heavy atom. The fourth-order valence-corrected chi connectivity index (χ4v) is 2.24. The van der Waals surface area contributed by atoms with E-state index < -0.39 is 0 Å². The van der Waals surface area contributed by atoms with Gasteiger partial charge in [0.2, 0.25) is 0 Å². The summed E-state index contributed by atoms with van der Waals surface area (Å²) < 4.78 is 0. The van der Waals surface area contributed by atoms with Gasteiger partial charge in [0, 0.05) is 0 Å². The first-order valence-electron chi connectivity index (χ1n) is 7.40. The van der Waals surface area contributed by atoms with Gasteiger partial charge in [-0.25, -0.2) is 0 Å². The molecule has 0 saturated heterocycles. The van der Waals surface area contributed by atoms with E-state index in [-0.39, 0.29) is 6.10 Å². The fourth-order valence-electron chi connectivity index (χ4n) is 2.24. The SMILES string of the molecule is CCCCCCc1ccc(C(O)CC(C)C)cc1. The Bertz CT molecular complexity index is 313. The maximum absolute atomic E-state index is 10.0. The van der Waals surface area contributed by atoms with Gasteiger partial charge in [-0.1, -0.05) is 64.3 Å². The van der Waals surface area contributed by atoms with Gasteiger partial charge in [0.25, 0.3) is 0 Å². The Morgan fingerprint density at radius 2 is 1.67 bits per heavy atom. The molecule has 0 radical (unpaired) electrons. The standard InChI is InChI=1S/C17H28O/c1-4-5-6-7-8-15-9-11-16(12-10-15)17(18)13-14(2)3/h9-12,14,17-18H,4-8,13H2,1-3H3. The van der Waals surface area contributed by atoms with Crippen LogP contribution in [0.15, 0.2) is 24.3 Å². The van der Waals surface area contributed by atoms with Crippen LogP contribution in [0.5, 0.6) is 0 Å². The van der Waals surface area contributed by atoms with Crippen molar-refractivity contribution in [3.63, 3.8) is 0 Å². The van der Waals surface area contributed by atoms with Gasteiger partial charge in [0.1, 0.15) is 0 Å². The fraction of sp³-hybridized carbons (Fsp3) is 0.647. The predicted octanol–water partition coefficient (Wildman–Crippen LogP) is 4.89. The van der Waals surface area contributed by atoms with Crippen molar-refractivity contribution in [1.82, 2.24) is 0 Å². The first-order chi connectivity index (χ1) is 8.63. The Kier molecular flexibility index (Phi) is 7.04. The summed E-state index contributed by atoms with van der Waals surface area (Å²) in [5.41, 5.74) is 2.45. The minimum absolute atomic E-state index is 0.306. The van der Waals surface area contributed by atoms with Crippen LogP contribution in [0.2, 0.25) is 0 Å².